The molecule has 0 saturated carbocycles. The lowest BCUT2D eigenvalue weighted by Crippen LogP contribution is -2.41. The summed E-state index contributed by atoms with van der Waals surface area (Å²) in [7, 11) is 0. The maximum Gasteiger partial charge on any atom is 0.221 e. The van der Waals surface area contributed by atoms with Crippen LogP contribution in [-0.4, -0.2) is 17.4 Å². The van der Waals surface area contributed by atoms with Gasteiger partial charge in [0.2, 0.25) is 5.91 Å². The smallest absolute Gasteiger partial charge is 0.221 e. The third-order valence-electron chi connectivity index (χ3n) is 2.30. The van der Waals surface area contributed by atoms with E-state index in [1.54, 1.807) is 17.5 Å². The molecule has 5 heteroatoms. The first kappa shape index (κ1) is 12.1. The standard InChI is InChI=1S/C10H17N3OS/c1-7(8(11)14)6-13-10(2,3)9-12-4-5-15-9/h4-5,7,13H,6H2,1-3H3,(H2,11,14). The summed E-state index contributed by atoms with van der Waals surface area (Å²) in [4.78, 5) is 15.1. The van der Waals surface area contributed by atoms with E-state index >= 15 is 0 Å². The Labute approximate surface area is 93.9 Å². The molecule has 1 rings (SSSR count). The van der Waals surface area contributed by atoms with Crippen LogP contribution in [0.15, 0.2) is 11.6 Å². The summed E-state index contributed by atoms with van der Waals surface area (Å²) in [6, 6.07) is 0. The van der Waals surface area contributed by atoms with Gasteiger partial charge in [-0.15, -0.1) is 11.3 Å². The normalized spacial score (nSPS) is 13.8. The first-order valence-electron chi connectivity index (χ1n) is 4.88. The van der Waals surface area contributed by atoms with Gasteiger partial charge in [-0.05, 0) is 13.8 Å². The van der Waals surface area contributed by atoms with E-state index in [0.717, 1.165) is 5.01 Å². The van der Waals surface area contributed by atoms with Gasteiger partial charge in [0, 0.05) is 24.0 Å². The lowest BCUT2D eigenvalue weighted by Gasteiger charge is -2.25. The van der Waals surface area contributed by atoms with Crippen LogP contribution in [0.5, 0.6) is 0 Å². The van der Waals surface area contributed by atoms with E-state index in [9.17, 15) is 4.79 Å². The van der Waals surface area contributed by atoms with Crippen molar-refractivity contribution in [2.24, 2.45) is 11.7 Å². The molecular weight excluding hydrogens is 210 g/mol. The van der Waals surface area contributed by atoms with Gasteiger partial charge in [-0.2, -0.15) is 0 Å². The molecule has 4 nitrogen and oxygen atoms in total. The summed E-state index contributed by atoms with van der Waals surface area (Å²) in [5, 5.41) is 6.24. The fraction of sp³-hybridized carbons (Fsp3) is 0.600. The van der Waals surface area contributed by atoms with Crippen molar-refractivity contribution in [2.45, 2.75) is 26.3 Å². The Kier molecular flexibility index (Phi) is 3.82. The number of nitrogens with two attached hydrogens (primary N) is 1. The molecule has 1 unspecified atom stereocenters. The van der Waals surface area contributed by atoms with E-state index in [1.165, 1.54) is 0 Å². The first-order valence-corrected chi connectivity index (χ1v) is 5.76. The number of amides is 1. The van der Waals surface area contributed by atoms with Gasteiger partial charge in [-0.25, -0.2) is 4.98 Å². The minimum atomic E-state index is -0.280. The van der Waals surface area contributed by atoms with Crippen molar-refractivity contribution in [2.75, 3.05) is 6.54 Å². The lowest BCUT2D eigenvalue weighted by molar-refractivity contribution is -0.121. The topological polar surface area (TPSA) is 68.0 Å². The number of nitrogens with one attached hydrogen (secondary N) is 1. The lowest BCUT2D eigenvalue weighted by atomic mass is 10.0. The molecule has 0 aliphatic carbocycles. The average molecular weight is 227 g/mol. The molecule has 0 radical (unpaired) electrons. The minimum Gasteiger partial charge on any atom is -0.369 e. The Hall–Kier alpha value is -0.940. The molecule has 0 fully saturated rings. The van der Waals surface area contributed by atoms with E-state index in [-0.39, 0.29) is 17.4 Å². The highest BCUT2D eigenvalue weighted by Crippen LogP contribution is 2.21. The van der Waals surface area contributed by atoms with E-state index < -0.39 is 0 Å². The Morgan fingerprint density at radius 1 is 1.73 bits per heavy atom. The van der Waals surface area contributed by atoms with Crippen molar-refractivity contribution in [3.63, 3.8) is 0 Å². The Bertz CT molecular complexity index is 321. The molecule has 1 heterocycles. The molecule has 84 valence electrons. The Morgan fingerprint density at radius 2 is 2.40 bits per heavy atom. The van der Waals surface area contributed by atoms with Gasteiger partial charge >= 0.3 is 0 Å². The third-order valence-corrected chi connectivity index (χ3v) is 3.40. The van der Waals surface area contributed by atoms with Crippen molar-refractivity contribution in [3.8, 4) is 0 Å². The summed E-state index contributed by atoms with van der Waals surface area (Å²) in [5.74, 6) is -0.443. The summed E-state index contributed by atoms with van der Waals surface area (Å²) in [5.41, 5.74) is 4.98. The Balaban J connectivity index is 2.54. The second kappa shape index (κ2) is 4.72. The summed E-state index contributed by atoms with van der Waals surface area (Å²) in [6.45, 7) is 6.47. The highest BCUT2D eigenvalue weighted by atomic mass is 32.1. The van der Waals surface area contributed by atoms with Crippen LogP contribution < -0.4 is 11.1 Å². The molecule has 0 aliphatic heterocycles. The minimum absolute atomic E-state index is 0.163. The summed E-state index contributed by atoms with van der Waals surface area (Å²) < 4.78 is 0. The quantitative estimate of drug-likeness (QED) is 0.791. The van der Waals surface area contributed by atoms with Gasteiger partial charge in [0.1, 0.15) is 5.01 Å². The number of nitrogens with zero attached hydrogens (tertiary/aromatic N) is 1. The highest BCUT2D eigenvalue weighted by Gasteiger charge is 2.23. The number of carbonyl (C=O) groups excluding carboxylic acids is 1. The van der Waals surface area contributed by atoms with E-state index in [1.807, 2.05) is 26.2 Å². The van der Waals surface area contributed by atoms with Crippen LogP contribution in [0.25, 0.3) is 0 Å². The van der Waals surface area contributed by atoms with Crippen LogP contribution in [-0.2, 0) is 10.3 Å². The van der Waals surface area contributed by atoms with Crippen molar-refractivity contribution < 1.29 is 4.79 Å². The number of hydrogen-bond donors (Lipinski definition) is 2. The molecule has 1 amide bonds. The van der Waals surface area contributed by atoms with Gasteiger partial charge in [-0.3, -0.25) is 4.79 Å². The average Bonchev–Trinajstić information content (AvgIpc) is 2.67. The largest absolute Gasteiger partial charge is 0.369 e. The van der Waals surface area contributed by atoms with E-state index in [0.29, 0.717) is 6.54 Å². The molecule has 15 heavy (non-hydrogen) atoms. The van der Waals surface area contributed by atoms with Crippen LogP contribution >= 0.6 is 11.3 Å². The summed E-state index contributed by atoms with van der Waals surface area (Å²) >= 11 is 1.60. The molecule has 1 aromatic rings. The SMILES string of the molecule is CC(CNC(C)(C)c1nccs1)C(N)=O. The van der Waals surface area contributed by atoms with Crippen molar-refractivity contribution in [1.82, 2.24) is 10.3 Å². The number of carbonyl (C=O) groups is 1. The van der Waals surface area contributed by atoms with Crippen LogP contribution in [0.4, 0.5) is 0 Å². The van der Waals surface area contributed by atoms with Crippen LogP contribution in [0, 0.1) is 5.92 Å². The highest BCUT2D eigenvalue weighted by molar-refractivity contribution is 7.09. The predicted molar refractivity (Wildman–Crippen MR) is 61.5 cm³/mol. The van der Waals surface area contributed by atoms with Gasteiger partial charge in [0.05, 0.1) is 5.54 Å². The fourth-order valence-corrected chi connectivity index (χ4v) is 1.86. The molecule has 0 spiro atoms. The van der Waals surface area contributed by atoms with Gasteiger partial charge < -0.3 is 11.1 Å². The van der Waals surface area contributed by atoms with Gasteiger partial charge in [-0.1, -0.05) is 6.92 Å². The first-order chi connectivity index (χ1) is 6.93. The van der Waals surface area contributed by atoms with Crippen LogP contribution in [0.2, 0.25) is 0 Å². The van der Waals surface area contributed by atoms with Crippen molar-refractivity contribution >= 4 is 17.2 Å². The maximum absolute atomic E-state index is 10.9. The van der Waals surface area contributed by atoms with Gasteiger partial charge in [0.15, 0.2) is 0 Å². The summed E-state index contributed by atoms with van der Waals surface area (Å²) in [6.07, 6.45) is 1.78. The molecule has 1 atom stereocenters. The number of rotatable bonds is 5. The van der Waals surface area contributed by atoms with E-state index in [2.05, 4.69) is 10.3 Å². The van der Waals surface area contributed by atoms with Crippen LogP contribution in [0.1, 0.15) is 25.8 Å². The molecule has 3 N–H and O–H groups in total. The number of primary amides is 1. The van der Waals surface area contributed by atoms with Crippen molar-refractivity contribution in [1.29, 1.82) is 0 Å². The predicted octanol–water partition coefficient (Wildman–Crippen LogP) is 1.09. The maximum atomic E-state index is 10.9. The second-order valence-electron chi connectivity index (χ2n) is 4.15. The number of hydrogen-bond acceptors (Lipinski definition) is 4. The monoisotopic (exact) mass is 227 g/mol. The fourth-order valence-electron chi connectivity index (χ4n) is 1.12. The molecular formula is C10H17N3OS. The number of thiazole rings is 1. The molecule has 1 aromatic heterocycles. The Morgan fingerprint density at radius 3 is 2.87 bits per heavy atom. The molecule has 0 saturated heterocycles. The molecule has 0 aromatic carbocycles. The zero-order chi connectivity index (χ0) is 11.5. The number of aromatic nitrogens is 1. The third kappa shape index (κ3) is 3.28. The molecule has 0 aliphatic rings. The second-order valence-corrected chi connectivity index (χ2v) is 5.04. The van der Waals surface area contributed by atoms with E-state index in [4.69, 9.17) is 5.73 Å². The van der Waals surface area contributed by atoms with Crippen molar-refractivity contribution in [3.05, 3.63) is 16.6 Å². The van der Waals surface area contributed by atoms with Gasteiger partial charge in [0.25, 0.3) is 0 Å². The molecule has 0 bridgehead atoms. The van der Waals surface area contributed by atoms with Crippen LogP contribution in [0.3, 0.4) is 0 Å². The zero-order valence-corrected chi connectivity index (χ0v) is 10.1. The zero-order valence-electron chi connectivity index (χ0n) is 9.28.